The maximum absolute atomic E-state index is 10.3. The van der Waals surface area contributed by atoms with Gasteiger partial charge < -0.3 is 10.0 Å². The molecule has 2 fully saturated rings. The molecule has 0 aromatic heterocycles. The summed E-state index contributed by atoms with van der Waals surface area (Å²) in [6.45, 7) is 3.80. The molecular formula is C12H21NO2. The van der Waals surface area contributed by atoms with E-state index in [1.807, 2.05) is 0 Å². The monoisotopic (exact) mass is 211 g/mol. The second-order valence-corrected chi connectivity index (χ2v) is 5.27. The van der Waals surface area contributed by atoms with E-state index in [4.69, 9.17) is 5.11 Å². The molecule has 3 heteroatoms. The Balaban J connectivity index is 1.44. The third-order valence-corrected chi connectivity index (χ3v) is 3.90. The average molecular weight is 211 g/mol. The van der Waals surface area contributed by atoms with Crippen molar-refractivity contribution < 1.29 is 9.90 Å². The summed E-state index contributed by atoms with van der Waals surface area (Å²) in [7, 11) is 0. The first-order valence-corrected chi connectivity index (χ1v) is 6.14. The van der Waals surface area contributed by atoms with Crippen LogP contribution in [0.3, 0.4) is 0 Å². The lowest BCUT2D eigenvalue weighted by molar-refractivity contribution is -0.137. The second-order valence-electron chi connectivity index (χ2n) is 5.27. The van der Waals surface area contributed by atoms with Crippen molar-refractivity contribution in [3.8, 4) is 0 Å². The minimum atomic E-state index is -0.660. The normalized spacial score (nSPS) is 23.5. The minimum absolute atomic E-state index is 0.337. The van der Waals surface area contributed by atoms with E-state index in [-0.39, 0.29) is 0 Å². The van der Waals surface area contributed by atoms with Crippen LogP contribution < -0.4 is 0 Å². The van der Waals surface area contributed by atoms with E-state index in [9.17, 15) is 4.79 Å². The lowest BCUT2D eigenvalue weighted by atomic mass is 9.63. The molecule has 0 unspecified atom stereocenters. The largest absolute Gasteiger partial charge is 0.481 e. The van der Waals surface area contributed by atoms with E-state index >= 15 is 0 Å². The zero-order chi connectivity index (χ0) is 10.7. The van der Waals surface area contributed by atoms with Gasteiger partial charge in [0.05, 0.1) is 0 Å². The number of carbonyl (C=O) groups is 1. The molecule has 1 N–H and O–H groups in total. The third-order valence-electron chi connectivity index (χ3n) is 3.90. The van der Waals surface area contributed by atoms with E-state index in [1.54, 1.807) is 0 Å². The van der Waals surface area contributed by atoms with Gasteiger partial charge in [0, 0.05) is 19.5 Å². The Hall–Kier alpha value is -0.570. The fourth-order valence-corrected chi connectivity index (χ4v) is 2.84. The van der Waals surface area contributed by atoms with Gasteiger partial charge in [-0.1, -0.05) is 12.8 Å². The Morgan fingerprint density at radius 2 is 1.93 bits per heavy atom. The Morgan fingerprint density at radius 1 is 1.20 bits per heavy atom. The van der Waals surface area contributed by atoms with Crippen LogP contribution in [0.1, 0.15) is 44.9 Å². The molecule has 1 aliphatic carbocycles. The van der Waals surface area contributed by atoms with Gasteiger partial charge in [-0.25, -0.2) is 0 Å². The van der Waals surface area contributed by atoms with Crippen LogP contribution in [-0.4, -0.2) is 35.6 Å². The zero-order valence-electron chi connectivity index (χ0n) is 9.37. The molecule has 2 aliphatic rings. The molecule has 0 aromatic carbocycles. The number of likely N-dealkylation sites (tertiary alicyclic amines) is 1. The van der Waals surface area contributed by atoms with Crippen LogP contribution in [0, 0.1) is 5.41 Å². The average Bonchev–Trinajstić information content (AvgIpc) is 2.03. The molecule has 1 saturated heterocycles. The van der Waals surface area contributed by atoms with Gasteiger partial charge in [-0.15, -0.1) is 0 Å². The van der Waals surface area contributed by atoms with Gasteiger partial charge >= 0.3 is 5.97 Å². The van der Waals surface area contributed by atoms with E-state index in [2.05, 4.69) is 4.90 Å². The first-order chi connectivity index (χ1) is 7.20. The van der Waals surface area contributed by atoms with E-state index in [1.165, 1.54) is 45.3 Å². The van der Waals surface area contributed by atoms with Crippen molar-refractivity contribution >= 4 is 5.97 Å². The third kappa shape index (κ3) is 2.71. The van der Waals surface area contributed by atoms with Crippen LogP contribution in [0.5, 0.6) is 0 Å². The van der Waals surface area contributed by atoms with Crippen molar-refractivity contribution in [2.75, 3.05) is 19.6 Å². The van der Waals surface area contributed by atoms with E-state index in [0.717, 1.165) is 18.3 Å². The molecule has 0 bridgehead atoms. The van der Waals surface area contributed by atoms with Gasteiger partial charge in [0.15, 0.2) is 0 Å². The highest BCUT2D eigenvalue weighted by atomic mass is 16.4. The fourth-order valence-electron chi connectivity index (χ4n) is 2.84. The van der Waals surface area contributed by atoms with E-state index in [0.29, 0.717) is 6.42 Å². The molecule has 3 nitrogen and oxygen atoms in total. The van der Waals surface area contributed by atoms with Crippen molar-refractivity contribution in [2.24, 2.45) is 5.41 Å². The summed E-state index contributed by atoms with van der Waals surface area (Å²) in [6, 6.07) is 0. The Labute approximate surface area is 91.5 Å². The number of rotatable bonds is 6. The first-order valence-electron chi connectivity index (χ1n) is 6.14. The summed E-state index contributed by atoms with van der Waals surface area (Å²) in [5, 5.41) is 8.48. The Kier molecular flexibility index (Phi) is 3.29. The number of hydrogen-bond donors (Lipinski definition) is 1. The standard InChI is InChI=1S/C12H21NO2/c14-11(15)5-2-1-3-8-13-9-12(10-13)6-4-7-12/h1-10H2,(H,14,15). The van der Waals surface area contributed by atoms with Gasteiger partial charge in [0.2, 0.25) is 0 Å². The van der Waals surface area contributed by atoms with Gasteiger partial charge in [0.25, 0.3) is 0 Å². The number of aliphatic carboxylic acids is 1. The maximum atomic E-state index is 10.3. The van der Waals surface area contributed by atoms with Crippen LogP contribution in [0.4, 0.5) is 0 Å². The minimum Gasteiger partial charge on any atom is -0.481 e. The number of unbranched alkanes of at least 4 members (excludes halogenated alkanes) is 2. The molecule has 1 aliphatic heterocycles. The molecule has 0 amide bonds. The highest BCUT2D eigenvalue weighted by molar-refractivity contribution is 5.66. The van der Waals surface area contributed by atoms with Crippen LogP contribution in [0.15, 0.2) is 0 Å². The van der Waals surface area contributed by atoms with Crippen LogP contribution in [-0.2, 0) is 4.79 Å². The van der Waals surface area contributed by atoms with Crippen molar-refractivity contribution in [2.45, 2.75) is 44.9 Å². The molecule has 86 valence electrons. The van der Waals surface area contributed by atoms with Crippen LogP contribution in [0.25, 0.3) is 0 Å². The summed E-state index contributed by atoms with van der Waals surface area (Å²) in [6.07, 6.45) is 7.74. The smallest absolute Gasteiger partial charge is 0.303 e. The number of carboxylic acid groups (broad SMARTS) is 1. The predicted octanol–water partition coefficient (Wildman–Crippen LogP) is 2.12. The Morgan fingerprint density at radius 3 is 2.47 bits per heavy atom. The van der Waals surface area contributed by atoms with Gasteiger partial charge in [-0.2, -0.15) is 0 Å². The number of carboxylic acids is 1. The maximum Gasteiger partial charge on any atom is 0.303 e. The summed E-state index contributed by atoms with van der Waals surface area (Å²) >= 11 is 0. The summed E-state index contributed by atoms with van der Waals surface area (Å²) in [4.78, 5) is 12.8. The van der Waals surface area contributed by atoms with Gasteiger partial charge in [-0.3, -0.25) is 4.79 Å². The van der Waals surface area contributed by atoms with Crippen molar-refractivity contribution in [1.29, 1.82) is 0 Å². The SMILES string of the molecule is O=C(O)CCCCCN1CC2(CCC2)C1. The molecule has 0 atom stereocenters. The molecule has 1 saturated carbocycles. The summed E-state index contributed by atoms with van der Waals surface area (Å²) < 4.78 is 0. The number of hydrogen-bond acceptors (Lipinski definition) is 2. The summed E-state index contributed by atoms with van der Waals surface area (Å²) in [5.74, 6) is -0.660. The fraction of sp³-hybridized carbons (Fsp3) is 0.917. The highest BCUT2D eigenvalue weighted by Crippen LogP contribution is 2.47. The molecule has 1 spiro atoms. The van der Waals surface area contributed by atoms with Gasteiger partial charge in [0.1, 0.15) is 0 Å². The van der Waals surface area contributed by atoms with Crippen LogP contribution >= 0.6 is 0 Å². The highest BCUT2D eigenvalue weighted by Gasteiger charge is 2.46. The molecular weight excluding hydrogens is 190 g/mol. The van der Waals surface area contributed by atoms with E-state index < -0.39 is 5.97 Å². The van der Waals surface area contributed by atoms with Gasteiger partial charge in [-0.05, 0) is 37.6 Å². The first kappa shape index (κ1) is 10.9. The Bertz CT molecular complexity index is 228. The molecule has 0 aromatic rings. The predicted molar refractivity (Wildman–Crippen MR) is 58.8 cm³/mol. The molecule has 2 rings (SSSR count). The molecule has 0 radical (unpaired) electrons. The van der Waals surface area contributed by atoms with Crippen molar-refractivity contribution in [3.63, 3.8) is 0 Å². The zero-order valence-corrected chi connectivity index (χ0v) is 9.37. The lowest BCUT2D eigenvalue weighted by Gasteiger charge is -2.56. The molecule has 1 heterocycles. The lowest BCUT2D eigenvalue weighted by Crippen LogP contribution is -2.59. The van der Waals surface area contributed by atoms with Crippen molar-refractivity contribution in [1.82, 2.24) is 4.90 Å². The molecule has 15 heavy (non-hydrogen) atoms. The topological polar surface area (TPSA) is 40.5 Å². The second kappa shape index (κ2) is 4.52. The van der Waals surface area contributed by atoms with Crippen molar-refractivity contribution in [3.05, 3.63) is 0 Å². The quantitative estimate of drug-likeness (QED) is 0.684. The number of nitrogens with zero attached hydrogens (tertiary/aromatic N) is 1. The van der Waals surface area contributed by atoms with Crippen LogP contribution in [0.2, 0.25) is 0 Å². The summed E-state index contributed by atoms with van der Waals surface area (Å²) in [5.41, 5.74) is 0.737.